The van der Waals surface area contributed by atoms with Gasteiger partial charge in [0, 0.05) is 22.0 Å². The lowest BCUT2D eigenvalue weighted by Gasteiger charge is -2.07. The first-order valence-electron chi connectivity index (χ1n) is 6.09. The van der Waals surface area contributed by atoms with Crippen molar-refractivity contribution in [3.8, 4) is 0 Å². The molecule has 0 amide bonds. The number of hydrogen-bond donors (Lipinski definition) is 2. The molecule has 0 radical (unpaired) electrons. The van der Waals surface area contributed by atoms with Crippen LogP contribution in [0.3, 0.4) is 0 Å². The number of para-hydroxylation sites is 1. The SMILES string of the molecule is Nc1cccc(SCCS(=O)(=O)Nc2ccccc2)c1. The van der Waals surface area contributed by atoms with Gasteiger partial charge in [0.05, 0.1) is 5.75 Å². The van der Waals surface area contributed by atoms with Gasteiger partial charge in [0.1, 0.15) is 0 Å². The van der Waals surface area contributed by atoms with Gasteiger partial charge in [-0.2, -0.15) is 0 Å². The fraction of sp³-hybridized carbons (Fsp3) is 0.143. The van der Waals surface area contributed by atoms with Crippen LogP contribution in [0.5, 0.6) is 0 Å². The smallest absolute Gasteiger partial charge is 0.233 e. The monoisotopic (exact) mass is 308 g/mol. The Morgan fingerprint density at radius 2 is 1.80 bits per heavy atom. The highest BCUT2D eigenvalue weighted by Crippen LogP contribution is 2.20. The van der Waals surface area contributed by atoms with Gasteiger partial charge in [-0.25, -0.2) is 8.42 Å². The fourth-order valence-electron chi connectivity index (χ4n) is 1.61. The number of benzene rings is 2. The van der Waals surface area contributed by atoms with E-state index in [9.17, 15) is 8.42 Å². The second-order valence-electron chi connectivity index (χ2n) is 4.21. The maximum atomic E-state index is 11.9. The maximum absolute atomic E-state index is 11.9. The molecule has 0 aliphatic rings. The molecule has 4 nitrogen and oxygen atoms in total. The fourth-order valence-corrected chi connectivity index (χ4v) is 4.05. The molecule has 0 heterocycles. The highest BCUT2D eigenvalue weighted by molar-refractivity contribution is 8.01. The minimum absolute atomic E-state index is 0.0569. The predicted octanol–water partition coefficient (Wildman–Crippen LogP) is 2.80. The Morgan fingerprint density at radius 3 is 2.50 bits per heavy atom. The van der Waals surface area contributed by atoms with Crippen LogP contribution in [0.2, 0.25) is 0 Å². The number of rotatable bonds is 6. The second-order valence-corrected chi connectivity index (χ2v) is 7.22. The topological polar surface area (TPSA) is 72.2 Å². The average Bonchev–Trinajstić information content (AvgIpc) is 2.39. The number of hydrogen-bond acceptors (Lipinski definition) is 4. The lowest BCUT2D eigenvalue weighted by molar-refractivity contribution is 0.602. The first-order valence-corrected chi connectivity index (χ1v) is 8.73. The van der Waals surface area contributed by atoms with E-state index in [-0.39, 0.29) is 5.75 Å². The third-order valence-corrected chi connectivity index (χ3v) is 5.07. The summed E-state index contributed by atoms with van der Waals surface area (Å²) in [6, 6.07) is 16.3. The van der Waals surface area contributed by atoms with Crippen molar-refractivity contribution in [3.05, 3.63) is 54.6 Å². The Hall–Kier alpha value is -1.66. The van der Waals surface area contributed by atoms with E-state index in [4.69, 9.17) is 5.73 Å². The summed E-state index contributed by atoms with van der Waals surface area (Å²) in [6.07, 6.45) is 0. The van der Waals surface area contributed by atoms with Gasteiger partial charge >= 0.3 is 0 Å². The Bertz CT molecular complexity index is 658. The Morgan fingerprint density at radius 1 is 1.05 bits per heavy atom. The van der Waals surface area contributed by atoms with Crippen LogP contribution in [-0.2, 0) is 10.0 Å². The molecule has 2 aromatic rings. The van der Waals surface area contributed by atoms with Crippen LogP contribution < -0.4 is 10.5 Å². The van der Waals surface area contributed by atoms with Gasteiger partial charge in [0.2, 0.25) is 10.0 Å². The quantitative estimate of drug-likeness (QED) is 0.636. The second kappa shape index (κ2) is 6.67. The van der Waals surface area contributed by atoms with Gasteiger partial charge in [-0.05, 0) is 30.3 Å². The molecule has 20 heavy (non-hydrogen) atoms. The first-order chi connectivity index (χ1) is 9.55. The van der Waals surface area contributed by atoms with E-state index >= 15 is 0 Å². The minimum atomic E-state index is -3.32. The first kappa shape index (κ1) is 14.7. The van der Waals surface area contributed by atoms with E-state index in [0.717, 1.165) is 4.90 Å². The highest BCUT2D eigenvalue weighted by atomic mass is 32.2. The molecule has 0 atom stereocenters. The summed E-state index contributed by atoms with van der Waals surface area (Å²) < 4.78 is 26.4. The predicted molar refractivity (Wildman–Crippen MR) is 85.4 cm³/mol. The molecule has 3 N–H and O–H groups in total. The molecule has 0 bridgehead atoms. The Labute approximate surface area is 123 Å². The summed E-state index contributed by atoms with van der Waals surface area (Å²) in [5, 5.41) is 0. The minimum Gasteiger partial charge on any atom is -0.399 e. The zero-order valence-electron chi connectivity index (χ0n) is 10.8. The summed E-state index contributed by atoms with van der Waals surface area (Å²) in [5.74, 6) is 0.535. The van der Waals surface area contributed by atoms with Crippen molar-refractivity contribution in [2.45, 2.75) is 4.90 Å². The number of anilines is 2. The maximum Gasteiger partial charge on any atom is 0.233 e. The van der Waals surface area contributed by atoms with Crippen molar-refractivity contribution in [2.24, 2.45) is 0 Å². The lowest BCUT2D eigenvalue weighted by atomic mass is 10.3. The zero-order chi connectivity index (χ0) is 14.4. The molecule has 0 saturated heterocycles. The summed E-state index contributed by atoms with van der Waals surface area (Å²) in [7, 11) is -3.32. The number of nitrogens with one attached hydrogen (secondary N) is 1. The molecular formula is C14H16N2O2S2. The average molecular weight is 308 g/mol. The molecular weight excluding hydrogens is 292 g/mol. The van der Waals surface area contributed by atoms with Gasteiger partial charge in [0.15, 0.2) is 0 Å². The van der Waals surface area contributed by atoms with E-state index in [1.807, 2.05) is 24.3 Å². The standard InChI is InChI=1S/C14H16N2O2S2/c15-12-5-4-8-14(11-12)19-9-10-20(17,18)16-13-6-2-1-3-7-13/h1-8,11,16H,9-10,15H2. The van der Waals surface area contributed by atoms with E-state index in [2.05, 4.69) is 4.72 Å². The van der Waals surface area contributed by atoms with E-state index < -0.39 is 10.0 Å². The van der Waals surface area contributed by atoms with Crippen LogP contribution in [-0.4, -0.2) is 19.9 Å². The third-order valence-electron chi connectivity index (χ3n) is 2.53. The van der Waals surface area contributed by atoms with Crippen molar-refractivity contribution in [1.29, 1.82) is 0 Å². The van der Waals surface area contributed by atoms with Crippen LogP contribution in [0.4, 0.5) is 11.4 Å². The van der Waals surface area contributed by atoms with Crippen molar-refractivity contribution in [3.63, 3.8) is 0 Å². The number of thioether (sulfide) groups is 1. The number of nitrogens with two attached hydrogens (primary N) is 1. The van der Waals surface area contributed by atoms with Gasteiger partial charge < -0.3 is 5.73 Å². The number of sulfonamides is 1. The molecule has 0 aromatic heterocycles. The van der Waals surface area contributed by atoms with E-state index in [0.29, 0.717) is 17.1 Å². The van der Waals surface area contributed by atoms with Gasteiger partial charge in [0.25, 0.3) is 0 Å². The molecule has 0 saturated carbocycles. The molecule has 2 aromatic carbocycles. The van der Waals surface area contributed by atoms with Crippen molar-refractivity contribution >= 4 is 33.2 Å². The molecule has 0 spiro atoms. The molecule has 0 aliphatic carbocycles. The zero-order valence-corrected chi connectivity index (χ0v) is 12.5. The van der Waals surface area contributed by atoms with Crippen LogP contribution in [0, 0.1) is 0 Å². The van der Waals surface area contributed by atoms with Gasteiger partial charge in [-0.3, -0.25) is 4.72 Å². The van der Waals surface area contributed by atoms with Crippen LogP contribution in [0.15, 0.2) is 59.5 Å². The van der Waals surface area contributed by atoms with E-state index in [1.54, 1.807) is 30.3 Å². The third kappa shape index (κ3) is 4.79. The van der Waals surface area contributed by atoms with Crippen molar-refractivity contribution in [2.75, 3.05) is 22.0 Å². The molecule has 0 fully saturated rings. The largest absolute Gasteiger partial charge is 0.399 e. The van der Waals surface area contributed by atoms with Crippen LogP contribution in [0.1, 0.15) is 0 Å². The van der Waals surface area contributed by atoms with Crippen molar-refractivity contribution < 1.29 is 8.42 Å². The molecule has 0 unspecified atom stereocenters. The van der Waals surface area contributed by atoms with Crippen molar-refractivity contribution in [1.82, 2.24) is 0 Å². The molecule has 6 heteroatoms. The molecule has 106 valence electrons. The van der Waals surface area contributed by atoms with Gasteiger partial charge in [-0.15, -0.1) is 11.8 Å². The molecule has 0 aliphatic heterocycles. The summed E-state index contributed by atoms with van der Waals surface area (Å²) in [4.78, 5) is 0.972. The number of nitrogen functional groups attached to an aromatic ring is 1. The molecule has 2 rings (SSSR count). The summed E-state index contributed by atoms with van der Waals surface area (Å²) >= 11 is 1.47. The van der Waals surface area contributed by atoms with Crippen LogP contribution in [0.25, 0.3) is 0 Å². The highest BCUT2D eigenvalue weighted by Gasteiger charge is 2.10. The summed E-state index contributed by atoms with van der Waals surface area (Å²) in [6.45, 7) is 0. The van der Waals surface area contributed by atoms with Crippen LogP contribution >= 0.6 is 11.8 Å². The normalized spacial score (nSPS) is 11.2. The lowest BCUT2D eigenvalue weighted by Crippen LogP contribution is -2.18. The summed E-state index contributed by atoms with van der Waals surface area (Å²) in [5.41, 5.74) is 6.94. The Kier molecular flexibility index (Phi) is 4.92. The van der Waals surface area contributed by atoms with Gasteiger partial charge in [-0.1, -0.05) is 24.3 Å². The van der Waals surface area contributed by atoms with E-state index in [1.165, 1.54) is 11.8 Å². The Balaban J connectivity index is 1.87.